The van der Waals surface area contributed by atoms with Crippen LogP contribution in [0.15, 0.2) is 91.0 Å². The molecule has 39 heavy (non-hydrogen) atoms. The van der Waals surface area contributed by atoms with Crippen LogP contribution < -0.4 is 4.74 Å². The predicted molar refractivity (Wildman–Crippen MR) is 142 cm³/mol. The van der Waals surface area contributed by atoms with Gasteiger partial charge in [0.25, 0.3) is 0 Å². The third-order valence-electron chi connectivity index (χ3n) is 6.15. The molecule has 200 valence electrons. The molecular weight excluding hydrogens is 511 g/mol. The number of benzene rings is 4. The second-order valence-electron chi connectivity index (χ2n) is 9.02. The zero-order chi connectivity index (χ0) is 28.0. The molecule has 0 saturated carbocycles. The maximum Gasteiger partial charge on any atom is 0.409 e. The van der Waals surface area contributed by atoms with E-state index in [1.165, 1.54) is 24.1 Å². The van der Waals surface area contributed by atoms with Gasteiger partial charge in [0, 0.05) is 23.8 Å². The van der Waals surface area contributed by atoms with Crippen molar-refractivity contribution in [2.24, 2.45) is 0 Å². The van der Waals surface area contributed by atoms with Crippen LogP contribution in [0.1, 0.15) is 41.3 Å². The van der Waals surface area contributed by atoms with E-state index in [9.17, 15) is 26.7 Å². The van der Waals surface area contributed by atoms with Gasteiger partial charge in [-0.2, -0.15) is 13.2 Å². The molecule has 2 nitrogen and oxygen atoms in total. The predicted octanol–water partition coefficient (Wildman–Crippen LogP) is 9.44. The molecule has 0 fully saturated rings. The first-order valence-corrected chi connectivity index (χ1v) is 12.4. The molecule has 0 aliphatic rings. The van der Waals surface area contributed by atoms with E-state index in [1.54, 1.807) is 12.1 Å². The summed E-state index contributed by atoms with van der Waals surface area (Å²) in [4.78, 5) is 12.5. The van der Waals surface area contributed by atoms with Crippen LogP contribution >= 0.6 is 0 Å². The minimum absolute atomic E-state index is 0.139. The van der Waals surface area contributed by atoms with E-state index in [4.69, 9.17) is 4.74 Å². The standard InChI is InChI=1S/C32H25F5O2/c1-2-3-4-21-5-7-22(8-6-21)23-9-11-24(12-10-23)25-13-15-26(16-14-25)31(38)39-27-19-29(33)28(30(34)20-27)17-18-32(35,36)37/h5-20H,2-4H2,1H3/b18-17+. The van der Waals surface area contributed by atoms with Crippen LogP contribution in [0, 0.1) is 11.6 Å². The van der Waals surface area contributed by atoms with E-state index in [-0.39, 0.29) is 17.7 Å². The lowest BCUT2D eigenvalue weighted by molar-refractivity contribution is -0.0790. The highest BCUT2D eigenvalue weighted by Gasteiger charge is 2.23. The van der Waals surface area contributed by atoms with Crippen molar-refractivity contribution in [1.82, 2.24) is 0 Å². The zero-order valence-electron chi connectivity index (χ0n) is 21.1. The zero-order valence-corrected chi connectivity index (χ0v) is 21.1. The Bertz CT molecular complexity index is 1430. The number of aryl methyl sites for hydroxylation is 1. The van der Waals surface area contributed by atoms with E-state index < -0.39 is 35.1 Å². The van der Waals surface area contributed by atoms with Gasteiger partial charge in [-0.05, 0) is 58.9 Å². The Labute approximate surface area is 223 Å². The van der Waals surface area contributed by atoms with Gasteiger partial charge in [0.15, 0.2) is 0 Å². The van der Waals surface area contributed by atoms with Gasteiger partial charge in [0.1, 0.15) is 17.4 Å². The Balaban J connectivity index is 1.42. The highest BCUT2D eigenvalue weighted by molar-refractivity contribution is 5.91. The molecule has 0 unspecified atom stereocenters. The van der Waals surface area contributed by atoms with Gasteiger partial charge in [-0.1, -0.05) is 74.0 Å². The fraction of sp³-hybridized carbons (Fsp3) is 0.156. The lowest BCUT2D eigenvalue weighted by Crippen LogP contribution is -2.09. The summed E-state index contributed by atoms with van der Waals surface area (Å²) in [5, 5.41) is 0. The van der Waals surface area contributed by atoms with Crippen molar-refractivity contribution < 1.29 is 31.5 Å². The van der Waals surface area contributed by atoms with Gasteiger partial charge < -0.3 is 4.74 Å². The van der Waals surface area contributed by atoms with Crippen molar-refractivity contribution in [2.45, 2.75) is 32.4 Å². The highest BCUT2D eigenvalue weighted by atomic mass is 19.4. The average molecular weight is 537 g/mol. The second kappa shape index (κ2) is 12.1. The molecule has 0 amide bonds. The molecule has 0 atom stereocenters. The summed E-state index contributed by atoms with van der Waals surface area (Å²) in [5.41, 5.74) is 4.57. The monoisotopic (exact) mass is 536 g/mol. The minimum Gasteiger partial charge on any atom is -0.423 e. The van der Waals surface area contributed by atoms with Crippen LogP contribution in [0.4, 0.5) is 22.0 Å². The van der Waals surface area contributed by atoms with Gasteiger partial charge in [-0.3, -0.25) is 0 Å². The van der Waals surface area contributed by atoms with Crippen molar-refractivity contribution in [3.05, 3.63) is 119 Å². The molecule has 0 N–H and O–H groups in total. The third kappa shape index (κ3) is 7.41. The smallest absolute Gasteiger partial charge is 0.409 e. The summed E-state index contributed by atoms with van der Waals surface area (Å²) in [6.07, 6.45) is -1.32. The topological polar surface area (TPSA) is 26.3 Å². The van der Waals surface area contributed by atoms with E-state index in [2.05, 4.69) is 31.2 Å². The molecule has 0 saturated heterocycles. The number of rotatable bonds is 8. The molecule has 0 spiro atoms. The molecule has 7 heteroatoms. The molecule has 0 aliphatic heterocycles. The molecule has 0 bridgehead atoms. The molecule has 4 aromatic rings. The molecule has 0 radical (unpaired) electrons. The Kier molecular flexibility index (Phi) is 8.59. The number of hydrogen-bond acceptors (Lipinski definition) is 2. The Morgan fingerprint density at radius 1 is 0.769 bits per heavy atom. The molecule has 0 heterocycles. The lowest BCUT2D eigenvalue weighted by Gasteiger charge is -2.09. The molecule has 0 aliphatic carbocycles. The van der Waals surface area contributed by atoms with Gasteiger partial charge in [0.2, 0.25) is 0 Å². The van der Waals surface area contributed by atoms with Crippen LogP contribution in [0.3, 0.4) is 0 Å². The van der Waals surface area contributed by atoms with Crippen LogP contribution in [0.5, 0.6) is 5.75 Å². The average Bonchev–Trinajstić information content (AvgIpc) is 2.91. The first kappa shape index (κ1) is 27.8. The van der Waals surface area contributed by atoms with E-state index in [0.717, 1.165) is 35.1 Å². The van der Waals surface area contributed by atoms with Gasteiger partial charge >= 0.3 is 12.1 Å². The van der Waals surface area contributed by atoms with Crippen LogP contribution in [-0.4, -0.2) is 12.1 Å². The molecule has 4 aromatic carbocycles. The lowest BCUT2D eigenvalue weighted by atomic mass is 9.98. The number of alkyl halides is 3. The molecule has 0 aromatic heterocycles. The normalized spacial score (nSPS) is 11.6. The quantitative estimate of drug-likeness (QED) is 0.127. The first-order chi connectivity index (χ1) is 18.6. The maximum atomic E-state index is 14.1. The highest BCUT2D eigenvalue weighted by Crippen LogP contribution is 2.28. The third-order valence-corrected chi connectivity index (χ3v) is 6.15. The summed E-state index contributed by atoms with van der Waals surface area (Å²) < 4.78 is 70.2. The SMILES string of the molecule is CCCCc1ccc(-c2ccc(-c3ccc(C(=O)Oc4cc(F)c(/C=C/C(F)(F)F)c(F)c4)cc3)cc2)cc1. The first-order valence-electron chi connectivity index (χ1n) is 12.4. The van der Waals surface area contributed by atoms with Gasteiger partial charge in [-0.25, -0.2) is 13.6 Å². The summed E-state index contributed by atoms with van der Waals surface area (Å²) in [6.45, 7) is 2.17. The van der Waals surface area contributed by atoms with Crippen molar-refractivity contribution in [2.75, 3.05) is 0 Å². The second-order valence-corrected chi connectivity index (χ2v) is 9.02. The number of carbonyl (C=O) groups excluding carboxylic acids is 1. The maximum absolute atomic E-state index is 14.1. The van der Waals surface area contributed by atoms with E-state index in [1.807, 2.05) is 24.3 Å². The Morgan fingerprint density at radius 2 is 1.23 bits per heavy atom. The van der Waals surface area contributed by atoms with Gasteiger partial charge in [0.05, 0.1) is 5.56 Å². The minimum atomic E-state index is -4.72. The van der Waals surface area contributed by atoms with Crippen molar-refractivity contribution in [3.63, 3.8) is 0 Å². The number of unbranched alkanes of at least 4 members (excludes halogenated alkanes) is 1. The van der Waals surface area contributed by atoms with Gasteiger partial charge in [-0.15, -0.1) is 0 Å². The van der Waals surface area contributed by atoms with Crippen LogP contribution in [0.2, 0.25) is 0 Å². The van der Waals surface area contributed by atoms with E-state index >= 15 is 0 Å². The number of hydrogen-bond donors (Lipinski definition) is 0. The van der Waals surface area contributed by atoms with Crippen LogP contribution in [0.25, 0.3) is 28.3 Å². The van der Waals surface area contributed by atoms with Crippen molar-refractivity contribution >= 4 is 12.0 Å². The summed E-state index contributed by atoms with van der Waals surface area (Å²) in [7, 11) is 0. The number of ether oxygens (including phenoxy) is 1. The fourth-order valence-corrected chi connectivity index (χ4v) is 4.02. The Morgan fingerprint density at radius 3 is 1.69 bits per heavy atom. The Hall–Kier alpha value is -4.26. The molecular formula is C32H25F5O2. The number of allylic oxidation sites excluding steroid dienone is 1. The summed E-state index contributed by atoms with van der Waals surface area (Å²) in [6, 6.07) is 24.3. The number of esters is 1. The molecule has 4 rings (SSSR count). The number of carbonyl (C=O) groups is 1. The fourth-order valence-electron chi connectivity index (χ4n) is 4.02. The summed E-state index contributed by atoms with van der Waals surface area (Å²) >= 11 is 0. The van der Waals surface area contributed by atoms with E-state index in [0.29, 0.717) is 12.1 Å². The number of halogens is 5. The van der Waals surface area contributed by atoms with Crippen molar-refractivity contribution in [1.29, 1.82) is 0 Å². The van der Waals surface area contributed by atoms with Crippen molar-refractivity contribution in [3.8, 4) is 28.0 Å². The van der Waals surface area contributed by atoms with Crippen LogP contribution in [-0.2, 0) is 6.42 Å². The summed E-state index contributed by atoms with van der Waals surface area (Å²) in [5.74, 6) is -3.90. The largest absolute Gasteiger partial charge is 0.423 e.